The van der Waals surface area contributed by atoms with Gasteiger partial charge in [-0.25, -0.2) is 4.39 Å². The van der Waals surface area contributed by atoms with Crippen LogP contribution >= 0.6 is 0 Å². The van der Waals surface area contributed by atoms with Crippen molar-refractivity contribution >= 4 is 5.97 Å². The van der Waals surface area contributed by atoms with Gasteiger partial charge < -0.3 is 9.84 Å². The van der Waals surface area contributed by atoms with Crippen molar-refractivity contribution in [3.05, 3.63) is 53.8 Å². The lowest BCUT2D eigenvalue weighted by molar-refractivity contribution is -0.145. The fourth-order valence-corrected chi connectivity index (χ4v) is 3.87. The maximum absolute atomic E-state index is 15.2. The molecule has 1 unspecified atom stereocenters. The number of rotatable bonds is 9. The average Bonchev–Trinajstić information content (AvgIpc) is 3.49. The molecule has 0 aromatic heterocycles. The standard InChI is InChI=1S/C24H29FO3/c1-4-24(23(26)27,14-16(2)3)20-12-19(18-8-6-5-7-9-18)22(13-21(20)25)28-15-17-10-11-17/h5-9,12-13,16-17H,4,10-11,14-15H2,1-3H3,(H,26,27). The van der Waals surface area contributed by atoms with E-state index in [0.29, 0.717) is 31.1 Å². The third-order valence-electron chi connectivity index (χ3n) is 5.61. The van der Waals surface area contributed by atoms with Gasteiger partial charge in [-0.2, -0.15) is 0 Å². The van der Waals surface area contributed by atoms with E-state index in [0.717, 1.165) is 24.0 Å². The molecule has 1 aliphatic rings. The Morgan fingerprint density at radius 3 is 2.46 bits per heavy atom. The van der Waals surface area contributed by atoms with Crippen LogP contribution in [0.4, 0.5) is 4.39 Å². The highest BCUT2D eigenvalue weighted by atomic mass is 19.1. The van der Waals surface area contributed by atoms with Gasteiger partial charge in [-0.1, -0.05) is 51.1 Å². The van der Waals surface area contributed by atoms with E-state index in [2.05, 4.69) is 0 Å². The van der Waals surface area contributed by atoms with Crippen molar-refractivity contribution < 1.29 is 19.0 Å². The lowest BCUT2D eigenvalue weighted by Gasteiger charge is -2.31. The van der Waals surface area contributed by atoms with Crippen LogP contribution in [0, 0.1) is 17.7 Å². The van der Waals surface area contributed by atoms with Crippen molar-refractivity contribution in [3.8, 4) is 16.9 Å². The molecule has 1 aliphatic carbocycles. The molecular weight excluding hydrogens is 355 g/mol. The zero-order chi connectivity index (χ0) is 20.3. The van der Waals surface area contributed by atoms with Gasteiger partial charge in [0.2, 0.25) is 0 Å². The van der Waals surface area contributed by atoms with Crippen molar-refractivity contribution in [2.75, 3.05) is 6.61 Å². The molecular formula is C24H29FO3. The van der Waals surface area contributed by atoms with Gasteiger partial charge >= 0.3 is 5.97 Å². The summed E-state index contributed by atoms with van der Waals surface area (Å²) < 4.78 is 21.2. The van der Waals surface area contributed by atoms with Gasteiger partial charge in [0.25, 0.3) is 0 Å². The van der Waals surface area contributed by atoms with E-state index in [9.17, 15) is 9.90 Å². The molecule has 0 amide bonds. The van der Waals surface area contributed by atoms with Crippen LogP contribution in [0.2, 0.25) is 0 Å². The summed E-state index contributed by atoms with van der Waals surface area (Å²) in [4.78, 5) is 12.3. The van der Waals surface area contributed by atoms with E-state index in [1.165, 1.54) is 6.07 Å². The molecule has 1 fully saturated rings. The Labute approximate surface area is 166 Å². The molecule has 0 bridgehead atoms. The average molecular weight is 384 g/mol. The highest BCUT2D eigenvalue weighted by molar-refractivity contribution is 5.83. The quantitative estimate of drug-likeness (QED) is 0.571. The molecule has 1 saturated carbocycles. The van der Waals surface area contributed by atoms with Gasteiger partial charge in [0.05, 0.1) is 12.0 Å². The number of hydrogen-bond donors (Lipinski definition) is 1. The number of halogens is 1. The van der Waals surface area contributed by atoms with Gasteiger partial charge in [0.15, 0.2) is 0 Å². The van der Waals surface area contributed by atoms with E-state index >= 15 is 4.39 Å². The predicted molar refractivity (Wildman–Crippen MR) is 109 cm³/mol. The fraction of sp³-hybridized carbons (Fsp3) is 0.458. The Balaban J connectivity index is 2.14. The first-order chi connectivity index (χ1) is 13.4. The van der Waals surface area contributed by atoms with Crippen LogP contribution in [0.1, 0.15) is 52.0 Å². The summed E-state index contributed by atoms with van der Waals surface area (Å²) in [6.07, 6.45) is 3.00. The Bertz CT molecular complexity index is 827. The summed E-state index contributed by atoms with van der Waals surface area (Å²) in [5.41, 5.74) is 0.639. The summed E-state index contributed by atoms with van der Waals surface area (Å²) in [6, 6.07) is 12.7. The van der Waals surface area contributed by atoms with E-state index < -0.39 is 17.2 Å². The molecule has 0 aliphatic heterocycles. The molecule has 0 heterocycles. The minimum Gasteiger partial charge on any atom is -0.493 e. The molecule has 28 heavy (non-hydrogen) atoms. The van der Waals surface area contributed by atoms with Gasteiger partial charge in [-0.15, -0.1) is 0 Å². The van der Waals surface area contributed by atoms with Gasteiger partial charge in [-0.05, 0) is 49.1 Å². The number of carboxylic acids is 1. The summed E-state index contributed by atoms with van der Waals surface area (Å²) in [7, 11) is 0. The topological polar surface area (TPSA) is 46.5 Å². The highest BCUT2D eigenvalue weighted by Crippen LogP contribution is 2.42. The number of hydrogen-bond acceptors (Lipinski definition) is 2. The molecule has 2 aromatic carbocycles. The number of ether oxygens (including phenoxy) is 1. The lowest BCUT2D eigenvalue weighted by atomic mass is 9.71. The monoisotopic (exact) mass is 384 g/mol. The van der Waals surface area contributed by atoms with Gasteiger partial charge in [0.1, 0.15) is 11.6 Å². The number of benzene rings is 2. The first kappa shape index (κ1) is 20.4. The summed E-state index contributed by atoms with van der Waals surface area (Å²) in [5.74, 6) is -0.328. The fourth-order valence-electron chi connectivity index (χ4n) is 3.87. The third kappa shape index (κ3) is 4.21. The lowest BCUT2D eigenvalue weighted by Crippen LogP contribution is -2.37. The summed E-state index contributed by atoms with van der Waals surface area (Å²) in [6.45, 7) is 6.32. The maximum atomic E-state index is 15.2. The summed E-state index contributed by atoms with van der Waals surface area (Å²) >= 11 is 0. The third-order valence-corrected chi connectivity index (χ3v) is 5.61. The van der Waals surface area contributed by atoms with Gasteiger partial charge in [0, 0.05) is 17.2 Å². The van der Waals surface area contributed by atoms with Crippen molar-refractivity contribution in [1.82, 2.24) is 0 Å². The Morgan fingerprint density at radius 2 is 1.93 bits per heavy atom. The van der Waals surface area contributed by atoms with Crippen LogP contribution in [-0.2, 0) is 10.2 Å². The SMILES string of the molecule is CCC(CC(C)C)(C(=O)O)c1cc(-c2ccccc2)c(OCC2CC2)cc1F. The Hall–Kier alpha value is -2.36. The van der Waals surface area contributed by atoms with Crippen LogP contribution in [0.15, 0.2) is 42.5 Å². The molecule has 1 N–H and O–H groups in total. The van der Waals surface area contributed by atoms with Crippen molar-refractivity contribution in [2.45, 2.75) is 51.9 Å². The van der Waals surface area contributed by atoms with Crippen molar-refractivity contribution in [3.63, 3.8) is 0 Å². The minimum absolute atomic E-state index is 0.126. The van der Waals surface area contributed by atoms with Crippen LogP contribution in [0.3, 0.4) is 0 Å². The molecule has 0 radical (unpaired) electrons. The Morgan fingerprint density at radius 1 is 1.25 bits per heavy atom. The molecule has 4 heteroatoms. The van der Waals surface area contributed by atoms with Crippen LogP contribution < -0.4 is 4.74 Å². The van der Waals surface area contributed by atoms with Crippen LogP contribution in [0.25, 0.3) is 11.1 Å². The molecule has 2 aromatic rings. The van der Waals surface area contributed by atoms with Crippen LogP contribution in [0.5, 0.6) is 5.75 Å². The van der Waals surface area contributed by atoms with E-state index in [4.69, 9.17) is 4.74 Å². The minimum atomic E-state index is -1.25. The second-order valence-corrected chi connectivity index (χ2v) is 8.29. The van der Waals surface area contributed by atoms with Gasteiger partial charge in [-0.3, -0.25) is 4.79 Å². The summed E-state index contributed by atoms with van der Waals surface area (Å²) in [5, 5.41) is 10.1. The molecule has 3 rings (SSSR count). The predicted octanol–water partition coefficient (Wildman–Crippen LogP) is 6.06. The molecule has 0 saturated heterocycles. The number of aliphatic carboxylic acids is 1. The number of carboxylic acid groups (broad SMARTS) is 1. The Kier molecular flexibility index (Phi) is 6.07. The van der Waals surface area contributed by atoms with E-state index in [-0.39, 0.29) is 11.5 Å². The van der Waals surface area contributed by atoms with Crippen LogP contribution in [-0.4, -0.2) is 17.7 Å². The highest BCUT2D eigenvalue weighted by Gasteiger charge is 2.42. The number of carbonyl (C=O) groups is 1. The first-order valence-corrected chi connectivity index (χ1v) is 10.1. The molecule has 0 spiro atoms. The zero-order valence-electron chi connectivity index (χ0n) is 16.9. The first-order valence-electron chi connectivity index (χ1n) is 10.1. The van der Waals surface area contributed by atoms with E-state index in [1.807, 2.05) is 51.1 Å². The van der Waals surface area contributed by atoms with E-state index in [1.54, 1.807) is 6.07 Å². The molecule has 1 atom stereocenters. The maximum Gasteiger partial charge on any atom is 0.314 e. The van der Waals surface area contributed by atoms with Crippen molar-refractivity contribution in [2.24, 2.45) is 11.8 Å². The van der Waals surface area contributed by atoms with Crippen molar-refractivity contribution in [1.29, 1.82) is 0 Å². The molecule has 150 valence electrons. The normalized spacial score (nSPS) is 16.0. The molecule has 3 nitrogen and oxygen atoms in total. The second-order valence-electron chi connectivity index (χ2n) is 8.29. The smallest absolute Gasteiger partial charge is 0.314 e. The zero-order valence-corrected chi connectivity index (χ0v) is 16.9. The second kappa shape index (κ2) is 8.34. The largest absolute Gasteiger partial charge is 0.493 e.